The van der Waals surface area contributed by atoms with Crippen molar-refractivity contribution in [2.45, 2.75) is 20.8 Å². The largest absolute Gasteiger partial charge is 0.462 e. The number of benzene rings is 2. The van der Waals surface area contributed by atoms with Gasteiger partial charge in [-0.3, -0.25) is 4.79 Å². The summed E-state index contributed by atoms with van der Waals surface area (Å²) in [6.07, 6.45) is 0. The van der Waals surface area contributed by atoms with Gasteiger partial charge in [-0.05, 0) is 44.4 Å². The van der Waals surface area contributed by atoms with E-state index < -0.39 is 5.97 Å². The molecule has 0 saturated carbocycles. The zero-order chi connectivity index (χ0) is 19.4. The first kappa shape index (κ1) is 18.6. The zero-order valence-electron chi connectivity index (χ0n) is 15.7. The van der Waals surface area contributed by atoms with Crippen molar-refractivity contribution in [3.8, 4) is 0 Å². The lowest BCUT2D eigenvalue weighted by Crippen LogP contribution is -2.31. The summed E-state index contributed by atoms with van der Waals surface area (Å²) < 4.78 is 5.02. The molecule has 0 aliphatic heterocycles. The number of hydrogen-bond donors (Lipinski definition) is 0. The van der Waals surface area contributed by atoms with E-state index in [0.29, 0.717) is 30.1 Å². The summed E-state index contributed by atoms with van der Waals surface area (Å²) in [6.45, 7) is 6.19. The molecule has 0 saturated heterocycles. The molecule has 1 aromatic heterocycles. The van der Waals surface area contributed by atoms with Crippen LogP contribution >= 0.6 is 0 Å². The number of nitrogens with zero attached hydrogens (tertiary/aromatic N) is 2. The van der Waals surface area contributed by atoms with Crippen molar-refractivity contribution >= 4 is 28.3 Å². The molecule has 0 aliphatic carbocycles. The predicted molar refractivity (Wildman–Crippen MR) is 106 cm³/mol. The minimum absolute atomic E-state index is 0.202. The van der Waals surface area contributed by atoms with Crippen LogP contribution in [0.15, 0.2) is 54.6 Å². The van der Waals surface area contributed by atoms with Crippen molar-refractivity contribution in [3.05, 3.63) is 71.5 Å². The lowest BCUT2D eigenvalue weighted by molar-refractivity contribution is 0.0524. The molecule has 2 aromatic carbocycles. The predicted octanol–water partition coefficient (Wildman–Crippen LogP) is 4.39. The van der Waals surface area contributed by atoms with Crippen molar-refractivity contribution in [2.75, 3.05) is 18.1 Å². The van der Waals surface area contributed by atoms with Crippen LogP contribution < -0.4 is 4.90 Å². The van der Waals surface area contributed by atoms with E-state index in [1.165, 1.54) is 0 Å². The number of amides is 1. The summed E-state index contributed by atoms with van der Waals surface area (Å²) in [5, 5.41) is 2.08. The maximum Gasteiger partial charge on any atom is 0.339 e. The van der Waals surface area contributed by atoms with Crippen molar-refractivity contribution in [1.29, 1.82) is 0 Å². The van der Waals surface area contributed by atoms with Crippen molar-refractivity contribution in [1.82, 2.24) is 4.98 Å². The summed E-state index contributed by atoms with van der Waals surface area (Å²) >= 11 is 0. The Morgan fingerprint density at radius 1 is 1.00 bits per heavy atom. The van der Waals surface area contributed by atoms with E-state index in [4.69, 9.17) is 4.74 Å². The summed E-state index contributed by atoms with van der Waals surface area (Å²) in [5.74, 6) is -0.629. The highest BCUT2D eigenvalue weighted by molar-refractivity contribution is 6.10. The van der Waals surface area contributed by atoms with Gasteiger partial charge in [-0.1, -0.05) is 36.4 Å². The van der Waals surface area contributed by atoms with Gasteiger partial charge in [0.05, 0.1) is 23.6 Å². The topological polar surface area (TPSA) is 59.5 Å². The first-order valence-electron chi connectivity index (χ1n) is 9.01. The first-order valence-corrected chi connectivity index (χ1v) is 9.01. The summed E-state index contributed by atoms with van der Waals surface area (Å²) in [5.41, 5.74) is 2.00. The molecule has 3 aromatic rings. The molecule has 5 heteroatoms. The fraction of sp³-hybridized carbons (Fsp3) is 0.227. The number of aromatic nitrogens is 1. The average Bonchev–Trinajstić information content (AvgIpc) is 2.68. The molecule has 1 heterocycles. The third-order valence-corrected chi connectivity index (χ3v) is 4.42. The second-order valence-corrected chi connectivity index (χ2v) is 6.10. The Morgan fingerprint density at radius 3 is 2.44 bits per heavy atom. The van der Waals surface area contributed by atoms with Gasteiger partial charge in [0.25, 0.3) is 5.91 Å². The third kappa shape index (κ3) is 3.67. The number of esters is 1. The molecule has 5 nitrogen and oxygen atoms in total. The first-order chi connectivity index (χ1) is 13.1. The van der Waals surface area contributed by atoms with Crippen LogP contribution in [0.2, 0.25) is 0 Å². The van der Waals surface area contributed by atoms with E-state index in [1.807, 2.05) is 49.4 Å². The van der Waals surface area contributed by atoms with Crippen LogP contribution in [0, 0.1) is 6.92 Å². The van der Waals surface area contributed by atoms with Crippen LogP contribution in [-0.2, 0) is 4.74 Å². The smallest absolute Gasteiger partial charge is 0.339 e. The van der Waals surface area contributed by atoms with E-state index in [-0.39, 0.29) is 5.91 Å². The van der Waals surface area contributed by atoms with E-state index in [9.17, 15) is 9.59 Å². The molecule has 0 radical (unpaired) electrons. The average molecular weight is 362 g/mol. The van der Waals surface area contributed by atoms with Crippen LogP contribution in [0.4, 0.5) is 5.69 Å². The Balaban J connectivity index is 1.98. The molecule has 0 bridgehead atoms. The standard InChI is InChI=1S/C22H22N2O3/c1-4-24(20-12-8-10-16-9-6-7-11-18(16)20)21(25)19-14-13-17(15(3)23-19)22(26)27-5-2/h6-14H,4-5H2,1-3H3. The lowest BCUT2D eigenvalue weighted by Gasteiger charge is -2.22. The number of pyridine rings is 1. The van der Waals surface area contributed by atoms with Crippen molar-refractivity contribution in [3.63, 3.8) is 0 Å². The molecule has 3 rings (SSSR count). The van der Waals surface area contributed by atoms with Gasteiger partial charge >= 0.3 is 5.97 Å². The number of anilines is 1. The SMILES string of the molecule is CCOC(=O)c1ccc(C(=O)N(CC)c2cccc3ccccc23)nc1C. The van der Waals surface area contributed by atoms with E-state index in [0.717, 1.165) is 16.5 Å². The third-order valence-electron chi connectivity index (χ3n) is 4.42. The maximum atomic E-state index is 13.1. The van der Waals surface area contributed by atoms with Gasteiger partial charge in [0.2, 0.25) is 0 Å². The Hall–Kier alpha value is -3.21. The highest BCUT2D eigenvalue weighted by Crippen LogP contribution is 2.27. The zero-order valence-corrected chi connectivity index (χ0v) is 15.7. The number of hydrogen-bond acceptors (Lipinski definition) is 4. The van der Waals surface area contributed by atoms with Crippen LogP contribution in [0.3, 0.4) is 0 Å². The van der Waals surface area contributed by atoms with E-state index in [2.05, 4.69) is 4.98 Å². The van der Waals surface area contributed by atoms with Crippen molar-refractivity contribution < 1.29 is 14.3 Å². The molecule has 0 atom stereocenters. The number of ether oxygens (including phenoxy) is 1. The van der Waals surface area contributed by atoms with Crippen LogP contribution in [0.5, 0.6) is 0 Å². The van der Waals surface area contributed by atoms with Crippen LogP contribution in [-0.4, -0.2) is 30.0 Å². The minimum atomic E-state index is -0.428. The quantitative estimate of drug-likeness (QED) is 0.632. The monoisotopic (exact) mass is 362 g/mol. The number of carbonyl (C=O) groups excluding carboxylic acids is 2. The molecule has 27 heavy (non-hydrogen) atoms. The summed E-state index contributed by atoms with van der Waals surface area (Å²) in [4.78, 5) is 31.1. The van der Waals surface area contributed by atoms with Gasteiger partial charge < -0.3 is 9.64 Å². The lowest BCUT2D eigenvalue weighted by atomic mass is 10.1. The number of carbonyl (C=O) groups is 2. The Labute approximate surface area is 158 Å². The Kier molecular flexibility index (Phi) is 5.50. The van der Waals surface area contributed by atoms with Gasteiger partial charge in [-0.25, -0.2) is 9.78 Å². The normalized spacial score (nSPS) is 10.6. The highest BCUT2D eigenvalue weighted by Gasteiger charge is 2.21. The molecular formula is C22H22N2O3. The van der Waals surface area contributed by atoms with E-state index >= 15 is 0 Å². The van der Waals surface area contributed by atoms with Crippen LogP contribution in [0.25, 0.3) is 10.8 Å². The molecule has 0 spiro atoms. The Bertz CT molecular complexity index is 993. The molecule has 0 aliphatic rings. The molecule has 138 valence electrons. The summed E-state index contributed by atoms with van der Waals surface area (Å²) in [7, 11) is 0. The Morgan fingerprint density at radius 2 is 1.74 bits per heavy atom. The second kappa shape index (κ2) is 7.99. The highest BCUT2D eigenvalue weighted by atomic mass is 16.5. The minimum Gasteiger partial charge on any atom is -0.462 e. The van der Waals surface area contributed by atoms with E-state index in [1.54, 1.807) is 30.9 Å². The summed E-state index contributed by atoms with van der Waals surface area (Å²) in [6, 6.07) is 17.0. The molecular weight excluding hydrogens is 340 g/mol. The maximum absolute atomic E-state index is 13.1. The molecule has 0 unspecified atom stereocenters. The molecule has 0 fully saturated rings. The van der Waals surface area contributed by atoms with Crippen molar-refractivity contribution in [2.24, 2.45) is 0 Å². The van der Waals surface area contributed by atoms with Gasteiger partial charge in [0.15, 0.2) is 0 Å². The second-order valence-electron chi connectivity index (χ2n) is 6.10. The molecule has 0 N–H and O–H groups in total. The fourth-order valence-electron chi connectivity index (χ4n) is 3.11. The fourth-order valence-corrected chi connectivity index (χ4v) is 3.11. The number of fused-ring (bicyclic) bond motifs is 1. The van der Waals surface area contributed by atoms with Gasteiger partial charge in [-0.15, -0.1) is 0 Å². The van der Waals surface area contributed by atoms with Gasteiger partial charge in [-0.2, -0.15) is 0 Å². The number of rotatable bonds is 5. The molecule has 1 amide bonds. The van der Waals surface area contributed by atoms with Gasteiger partial charge in [0.1, 0.15) is 5.69 Å². The van der Waals surface area contributed by atoms with Crippen LogP contribution in [0.1, 0.15) is 40.4 Å². The van der Waals surface area contributed by atoms with Gasteiger partial charge in [0, 0.05) is 11.9 Å². The number of aryl methyl sites for hydroxylation is 1.